The zero-order valence-electron chi connectivity index (χ0n) is 5.65. The molecule has 0 radical (unpaired) electrons. The summed E-state index contributed by atoms with van der Waals surface area (Å²) in [6.07, 6.45) is 0. The number of hydrogen-bond donors (Lipinski definition) is 3. The normalized spacial score (nSPS) is 12.8. The largest absolute Gasteiger partial charge is 0.399 e. The summed E-state index contributed by atoms with van der Waals surface area (Å²) < 4.78 is 19.2. The lowest BCUT2D eigenvalue weighted by molar-refractivity contribution is 0.565. The van der Waals surface area contributed by atoms with Crippen LogP contribution in [0.4, 0.5) is 11.4 Å². The molecule has 1 aromatic carbocycles. The van der Waals surface area contributed by atoms with E-state index in [0.29, 0.717) is 5.69 Å². The van der Waals surface area contributed by atoms with Crippen LogP contribution in [-0.4, -0.2) is 8.76 Å². The van der Waals surface area contributed by atoms with Gasteiger partial charge < -0.3 is 16.0 Å². The average molecular weight is 172 g/mol. The Hall–Kier alpha value is -1.07. The lowest BCUT2D eigenvalue weighted by Gasteiger charge is -2.00. The first-order valence-corrected chi connectivity index (χ1v) is 3.98. The Morgan fingerprint density at radius 1 is 1.36 bits per heavy atom. The summed E-state index contributed by atoms with van der Waals surface area (Å²) in [5.74, 6) is 0. The third-order valence-corrected chi connectivity index (χ3v) is 1.96. The summed E-state index contributed by atoms with van der Waals surface area (Å²) in [7, 11) is 0. The first kappa shape index (κ1) is 8.03. The number of benzene rings is 1. The van der Waals surface area contributed by atoms with E-state index in [9.17, 15) is 4.21 Å². The molecule has 0 heterocycles. The minimum Gasteiger partial charge on any atom is -0.399 e. The van der Waals surface area contributed by atoms with Crippen molar-refractivity contribution in [3.05, 3.63) is 18.2 Å². The molecule has 0 spiro atoms. The second-order valence-electron chi connectivity index (χ2n) is 2.05. The Kier molecular flexibility index (Phi) is 2.11. The highest BCUT2D eigenvalue weighted by Gasteiger charge is 2.04. The molecule has 60 valence electrons. The smallest absolute Gasteiger partial charge is 0.188 e. The van der Waals surface area contributed by atoms with E-state index < -0.39 is 11.1 Å². The average Bonchev–Trinajstić information content (AvgIpc) is 1.94. The first-order chi connectivity index (χ1) is 5.11. The summed E-state index contributed by atoms with van der Waals surface area (Å²) in [4.78, 5) is 0.157. The van der Waals surface area contributed by atoms with E-state index in [1.165, 1.54) is 12.1 Å². The van der Waals surface area contributed by atoms with Crippen LogP contribution in [0.1, 0.15) is 0 Å². The Morgan fingerprint density at radius 3 is 2.45 bits per heavy atom. The number of anilines is 2. The van der Waals surface area contributed by atoms with Crippen molar-refractivity contribution in [3.63, 3.8) is 0 Å². The highest BCUT2D eigenvalue weighted by molar-refractivity contribution is 7.79. The second-order valence-corrected chi connectivity index (χ2v) is 2.98. The fourth-order valence-electron chi connectivity index (χ4n) is 0.702. The molecule has 1 rings (SSSR count). The Morgan fingerprint density at radius 2 is 2.00 bits per heavy atom. The highest BCUT2D eigenvalue weighted by Crippen LogP contribution is 2.17. The molecule has 5 N–H and O–H groups in total. The molecule has 0 saturated heterocycles. The van der Waals surface area contributed by atoms with E-state index >= 15 is 0 Å². The maximum Gasteiger partial charge on any atom is 0.188 e. The van der Waals surface area contributed by atoms with Crippen molar-refractivity contribution in [3.8, 4) is 0 Å². The molecule has 0 aliphatic rings. The van der Waals surface area contributed by atoms with Gasteiger partial charge in [-0.2, -0.15) is 0 Å². The lowest BCUT2D eigenvalue weighted by atomic mass is 10.3. The molecule has 5 heteroatoms. The minimum absolute atomic E-state index is 0.157. The third-order valence-electron chi connectivity index (χ3n) is 1.23. The Labute approximate surface area is 66.5 Å². The molecule has 4 nitrogen and oxygen atoms in total. The molecular weight excluding hydrogens is 164 g/mol. The molecule has 1 aromatic rings. The van der Waals surface area contributed by atoms with Gasteiger partial charge in [0.05, 0.1) is 10.6 Å². The van der Waals surface area contributed by atoms with Gasteiger partial charge in [0.1, 0.15) is 0 Å². The van der Waals surface area contributed by atoms with Gasteiger partial charge in [0.2, 0.25) is 0 Å². The Bertz CT molecular complexity index is 301. The van der Waals surface area contributed by atoms with Gasteiger partial charge in [-0.15, -0.1) is 0 Å². The SMILES string of the molecule is Nc1ccc(N)c(S(=O)O)c1. The van der Waals surface area contributed by atoms with Crippen LogP contribution in [-0.2, 0) is 11.1 Å². The Balaban J connectivity index is 3.23. The van der Waals surface area contributed by atoms with Gasteiger partial charge in [-0.1, -0.05) is 0 Å². The van der Waals surface area contributed by atoms with Crippen LogP contribution >= 0.6 is 0 Å². The van der Waals surface area contributed by atoms with E-state index in [1.807, 2.05) is 0 Å². The van der Waals surface area contributed by atoms with Crippen LogP contribution in [0.15, 0.2) is 23.1 Å². The van der Waals surface area contributed by atoms with E-state index in [-0.39, 0.29) is 10.6 Å². The summed E-state index contributed by atoms with van der Waals surface area (Å²) in [5.41, 5.74) is 11.5. The molecule has 0 saturated carbocycles. The maximum absolute atomic E-state index is 10.5. The second kappa shape index (κ2) is 2.89. The van der Waals surface area contributed by atoms with E-state index in [2.05, 4.69) is 0 Å². The van der Waals surface area contributed by atoms with Crippen molar-refractivity contribution < 1.29 is 8.76 Å². The van der Waals surface area contributed by atoms with Crippen LogP contribution in [0.2, 0.25) is 0 Å². The van der Waals surface area contributed by atoms with Crippen molar-refractivity contribution in [1.29, 1.82) is 0 Å². The zero-order chi connectivity index (χ0) is 8.43. The fraction of sp³-hybridized carbons (Fsp3) is 0. The topological polar surface area (TPSA) is 89.3 Å². The third kappa shape index (κ3) is 1.69. The number of nitrogen functional groups attached to an aromatic ring is 2. The fourth-order valence-corrected chi connectivity index (χ4v) is 1.21. The first-order valence-electron chi connectivity index (χ1n) is 2.87. The number of rotatable bonds is 1. The van der Waals surface area contributed by atoms with Gasteiger partial charge in [0.25, 0.3) is 0 Å². The van der Waals surface area contributed by atoms with Crippen molar-refractivity contribution in [1.82, 2.24) is 0 Å². The molecular formula is C6H8N2O2S. The minimum atomic E-state index is -2.06. The van der Waals surface area contributed by atoms with Crippen LogP contribution in [0.5, 0.6) is 0 Å². The van der Waals surface area contributed by atoms with Gasteiger partial charge in [-0.25, -0.2) is 4.21 Å². The van der Waals surface area contributed by atoms with Gasteiger partial charge in [0, 0.05) is 5.69 Å². The molecule has 0 fully saturated rings. The molecule has 11 heavy (non-hydrogen) atoms. The standard InChI is InChI=1S/C6H8N2O2S/c7-4-1-2-5(8)6(3-4)11(9)10/h1-3H,7-8H2,(H,9,10). The molecule has 0 aliphatic carbocycles. The quantitative estimate of drug-likeness (QED) is 0.423. The van der Waals surface area contributed by atoms with Gasteiger partial charge >= 0.3 is 0 Å². The van der Waals surface area contributed by atoms with Crippen LogP contribution in [0.25, 0.3) is 0 Å². The molecule has 0 amide bonds. The summed E-state index contributed by atoms with van der Waals surface area (Å²) in [6.45, 7) is 0. The summed E-state index contributed by atoms with van der Waals surface area (Å²) >= 11 is -2.06. The molecule has 0 bridgehead atoms. The highest BCUT2D eigenvalue weighted by atomic mass is 32.2. The lowest BCUT2D eigenvalue weighted by Crippen LogP contribution is -1.97. The van der Waals surface area contributed by atoms with E-state index in [0.717, 1.165) is 0 Å². The molecule has 0 aromatic heterocycles. The number of nitrogens with two attached hydrogens (primary N) is 2. The van der Waals surface area contributed by atoms with Crippen molar-refractivity contribution in [2.24, 2.45) is 0 Å². The van der Waals surface area contributed by atoms with Crippen molar-refractivity contribution in [2.45, 2.75) is 4.90 Å². The maximum atomic E-state index is 10.5. The van der Waals surface area contributed by atoms with Crippen LogP contribution in [0.3, 0.4) is 0 Å². The van der Waals surface area contributed by atoms with E-state index in [4.69, 9.17) is 16.0 Å². The van der Waals surface area contributed by atoms with Crippen molar-refractivity contribution in [2.75, 3.05) is 11.5 Å². The number of hydrogen-bond acceptors (Lipinski definition) is 3. The molecule has 1 unspecified atom stereocenters. The summed E-state index contributed by atoms with van der Waals surface area (Å²) in [6, 6.07) is 4.45. The predicted molar refractivity (Wildman–Crippen MR) is 44.3 cm³/mol. The molecule has 0 aliphatic heterocycles. The van der Waals surface area contributed by atoms with Gasteiger partial charge in [-0.3, -0.25) is 0 Å². The summed E-state index contributed by atoms with van der Waals surface area (Å²) in [5, 5.41) is 0. The zero-order valence-corrected chi connectivity index (χ0v) is 6.47. The van der Waals surface area contributed by atoms with Crippen molar-refractivity contribution >= 4 is 22.5 Å². The van der Waals surface area contributed by atoms with Gasteiger partial charge in [0.15, 0.2) is 11.1 Å². The van der Waals surface area contributed by atoms with Crippen LogP contribution < -0.4 is 11.5 Å². The van der Waals surface area contributed by atoms with E-state index in [1.54, 1.807) is 6.07 Å². The monoisotopic (exact) mass is 172 g/mol. The van der Waals surface area contributed by atoms with Gasteiger partial charge in [-0.05, 0) is 18.2 Å². The predicted octanol–water partition coefficient (Wildman–Crippen LogP) is 0.432. The van der Waals surface area contributed by atoms with Crippen LogP contribution in [0, 0.1) is 0 Å². The molecule has 1 atom stereocenters.